The maximum absolute atomic E-state index is 11.2. The van der Waals surface area contributed by atoms with Crippen LogP contribution < -0.4 is 16.1 Å². The third kappa shape index (κ3) is 1.56. The smallest absolute Gasteiger partial charge is 0.410 e. The van der Waals surface area contributed by atoms with Crippen LogP contribution >= 0.6 is 0 Å². The van der Waals surface area contributed by atoms with E-state index in [0.29, 0.717) is 5.39 Å². The van der Waals surface area contributed by atoms with Crippen LogP contribution in [-0.4, -0.2) is 11.2 Å². The number of hydrogen-bond donors (Lipinski definition) is 2. The van der Waals surface area contributed by atoms with Gasteiger partial charge in [-0.05, 0) is 12.1 Å². The van der Waals surface area contributed by atoms with Crippen LogP contribution in [-0.2, 0) is 0 Å². The zero-order valence-electron chi connectivity index (χ0n) is 7.97. The van der Waals surface area contributed by atoms with Crippen LogP contribution in [0.2, 0.25) is 0 Å². The number of nitrogens with two attached hydrogens (primary N) is 1. The normalized spacial score (nSPS) is 10.2. The molecule has 1 amide bonds. The summed E-state index contributed by atoms with van der Waals surface area (Å²) in [7, 11) is 0. The zero-order chi connectivity index (χ0) is 11.7. The number of para-hydroxylation sites is 1. The largest absolute Gasteiger partial charge is 0.499 e. The second-order valence-electron chi connectivity index (χ2n) is 2.98. The number of hydrogen-bond acceptors (Lipinski definition) is 5. The lowest BCUT2D eigenvalue weighted by Gasteiger charge is -2.05. The number of benzene rings is 1. The topological polar surface area (TPSA) is 103 Å². The molecule has 0 bridgehead atoms. The Balaban J connectivity index is 2.81. The summed E-state index contributed by atoms with van der Waals surface area (Å²) >= 11 is 0. The molecule has 6 nitrogen and oxygen atoms in total. The number of ether oxygens (including phenoxy) is 1. The molecular weight excluding hydrogens is 214 g/mol. The molecule has 0 aliphatic heterocycles. The summed E-state index contributed by atoms with van der Waals surface area (Å²) in [4.78, 5) is 21.8. The van der Waals surface area contributed by atoms with Crippen molar-refractivity contribution in [2.24, 2.45) is 5.73 Å². The van der Waals surface area contributed by atoms with Gasteiger partial charge >= 0.3 is 11.7 Å². The summed E-state index contributed by atoms with van der Waals surface area (Å²) in [5.74, 6) is -1.07. The Labute approximate surface area is 88.9 Å². The number of rotatable bonds is 1. The number of carbonyl (C=O) groups excluding carboxylic acids is 1. The van der Waals surface area contributed by atoms with Gasteiger partial charge in [-0.1, -0.05) is 12.1 Å². The van der Waals surface area contributed by atoms with E-state index < -0.39 is 17.5 Å². The van der Waals surface area contributed by atoms with Crippen molar-refractivity contribution in [2.75, 3.05) is 0 Å². The van der Waals surface area contributed by atoms with Crippen molar-refractivity contribution in [3.05, 3.63) is 34.7 Å². The minimum Gasteiger partial charge on any atom is -0.499 e. The predicted molar refractivity (Wildman–Crippen MR) is 54.4 cm³/mol. The lowest BCUT2D eigenvalue weighted by Crippen LogP contribution is -2.17. The molecule has 0 atom stereocenters. The highest BCUT2D eigenvalue weighted by molar-refractivity contribution is 5.87. The Kier molecular flexibility index (Phi) is 2.24. The van der Waals surface area contributed by atoms with Crippen LogP contribution in [0.3, 0.4) is 0 Å². The Morgan fingerprint density at radius 3 is 2.75 bits per heavy atom. The van der Waals surface area contributed by atoms with E-state index in [9.17, 15) is 14.7 Å². The maximum atomic E-state index is 11.2. The molecular formula is C10H7NO5. The van der Waals surface area contributed by atoms with Gasteiger partial charge in [-0.3, -0.25) is 0 Å². The molecule has 1 heterocycles. The van der Waals surface area contributed by atoms with Crippen molar-refractivity contribution in [2.45, 2.75) is 0 Å². The average molecular weight is 221 g/mol. The van der Waals surface area contributed by atoms with Crippen molar-refractivity contribution in [1.82, 2.24) is 0 Å². The quantitative estimate of drug-likeness (QED) is 0.698. The first-order valence-electron chi connectivity index (χ1n) is 4.31. The van der Waals surface area contributed by atoms with Crippen LogP contribution in [0.5, 0.6) is 11.5 Å². The third-order valence-corrected chi connectivity index (χ3v) is 1.95. The maximum Gasteiger partial charge on any atom is 0.410 e. The standard InChI is InChI=1S/C10H7NO5/c11-10(14)16-8-5-3-1-2-4-6(5)15-9(13)7(8)12/h1-4,12H,(H2,11,14). The van der Waals surface area contributed by atoms with Gasteiger partial charge in [-0.25, -0.2) is 9.59 Å². The van der Waals surface area contributed by atoms with E-state index in [1.165, 1.54) is 12.1 Å². The van der Waals surface area contributed by atoms with Crippen molar-refractivity contribution in [3.63, 3.8) is 0 Å². The summed E-state index contributed by atoms with van der Waals surface area (Å²) in [6.45, 7) is 0. The molecule has 0 radical (unpaired) electrons. The van der Waals surface area contributed by atoms with Crippen LogP contribution in [0.15, 0.2) is 33.5 Å². The van der Waals surface area contributed by atoms with Gasteiger partial charge in [-0.15, -0.1) is 0 Å². The molecule has 2 aromatic rings. The third-order valence-electron chi connectivity index (χ3n) is 1.95. The molecule has 3 N–H and O–H groups in total. The first-order valence-corrected chi connectivity index (χ1v) is 4.31. The van der Waals surface area contributed by atoms with Crippen LogP contribution in [0.1, 0.15) is 0 Å². The molecule has 0 saturated carbocycles. The molecule has 0 saturated heterocycles. The van der Waals surface area contributed by atoms with Gasteiger partial charge in [-0.2, -0.15) is 0 Å². The van der Waals surface area contributed by atoms with E-state index in [1.807, 2.05) is 0 Å². The molecule has 0 unspecified atom stereocenters. The molecule has 0 aliphatic rings. The van der Waals surface area contributed by atoms with Gasteiger partial charge in [0.05, 0.1) is 5.39 Å². The second kappa shape index (κ2) is 3.58. The van der Waals surface area contributed by atoms with E-state index in [1.54, 1.807) is 12.1 Å². The number of carbonyl (C=O) groups is 1. The van der Waals surface area contributed by atoms with Gasteiger partial charge in [0.25, 0.3) is 0 Å². The molecule has 1 aromatic heterocycles. The van der Waals surface area contributed by atoms with Crippen molar-refractivity contribution < 1.29 is 19.1 Å². The van der Waals surface area contributed by atoms with Gasteiger partial charge in [0.1, 0.15) is 5.58 Å². The summed E-state index contributed by atoms with van der Waals surface area (Å²) in [6.07, 6.45) is -1.12. The monoisotopic (exact) mass is 221 g/mol. The minimum absolute atomic E-state index is 0.196. The molecule has 0 spiro atoms. The van der Waals surface area contributed by atoms with Crippen molar-refractivity contribution >= 4 is 17.1 Å². The number of primary amides is 1. The lowest BCUT2D eigenvalue weighted by molar-refractivity contribution is 0.209. The average Bonchev–Trinajstić information content (AvgIpc) is 2.24. The molecule has 2 rings (SSSR count). The van der Waals surface area contributed by atoms with Gasteiger partial charge in [0.15, 0.2) is 5.75 Å². The molecule has 6 heteroatoms. The van der Waals surface area contributed by atoms with Crippen LogP contribution in [0.25, 0.3) is 11.0 Å². The number of fused-ring (bicyclic) bond motifs is 1. The van der Waals surface area contributed by atoms with Crippen LogP contribution in [0, 0.1) is 0 Å². The fraction of sp³-hybridized carbons (Fsp3) is 0. The fourth-order valence-electron chi connectivity index (χ4n) is 1.32. The van der Waals surface area contributed by atoms with Crippen molar-refractivity contribution in [1.29, 1.82) is 0 Å². The Hall–Kier alpha value is -2.50. The van der Waals surface area contributed by atoms with Crippen molar-refractivity contribution in [3.8, 4) is 11.5 Å². The molecule has 0 aliphatic carbocycles. The highest BCUT2D eigenvalue weighted by Gasteiger charge is 2.16. The van der Waals surface area contributed by atoms with E-state index >= 15 is 0 Å². The molecule has 82 valence electrons. The number of aromatic hydroxyl groups is 1. The Bertz CT molecular complexity index is 616. The first-order chi connectivity index (χ1) is 7.59. The van der Waals surface area contributed by atoms with Gasteiger partial charge in [0, 0.05) is 0 Å². The number of amides is 1. The predicted octanol–water partition coefficient (Wildman–Crippen LogP) is 0.956. The summed E-state index contributed by atoms with van der Waals surface area (Å²) in [5.41, 5.74) is 4.03. The first kappa shape index (κ1) is 10.0. The SMILES string of the molecule is NC(=O)Oc1c(O)c(=O)oc2ccccc12. The molecule has 0 fully saturated rings. The molecule has 1 aromatic carbocycles. The minimum atomic E-state index is -1.12. The molecule has 16 heavy (non-hydrogen) atoms. The van der Waals surface area contributed by atoms with Gasteiger partial charge < -0.3 is 20.0 Å². The van der Waals surface area contributed by atoms with Gasteiger partial charge in [0.2, 0.25) is 5.75 Å². The van der Waals surface area contributed by atoms with E-state index in [0.717, 1.165) is 0 Å². The summed E-state index contributed by atoms with van der Waals surface area (Å²) < 4.78 is 9.34. The summed E-state index contributed by atoms with van der Waals surface area (Å²) in [5, 5.41) is 9.70. The Morgan fingerprint density at radius 2 is 2.06 bits per heavy atom. The zero-order valence-corrected chi connectivity index (χ0v) is 7.97. The van der Waals surface area contributed by atoms with Crippen LogP contribution in [0.4, 0.5) is 4.79 Å². The Morgan fingerprint density at radius 1 is 1.38 bits per heavy atom. The second-order valence-corrected chi connectivity index (χ2v) is 2.98. The van der Waals surface area contributed by atoms with E-state index in [2.05, 4.69) is 4.74 Å². The van der Waals surface area contributed by atoms with E-state index in [4.69, 9.17) is 10.2 Å². The lowest BCUT2D eigenvalue weighted by atomic mass is 10.2. The fourth-order valence-corrected chi connectivity index (χ4v) is 1.32. The van der Waals surface area contributed by atoms with E-state index in [-0.39, 0.29) is 11.3 Å². The summed E-state index contributed by atoms with van der Waals surface area (Å²) in [6, 6.07) is 6.30. The highest BCUT2D eigenvalue weighted by Crippen LogP contribution is 2.31. The highest BCUT2D eigenvalue weighted by atomic mass is 16.6.